The first-order chi connectivity index (χ1) is 14.3. The van der Waals surface area contributed by atoms with Gasteiger partial charge in [-0.2, -0.15) is 0 Å². The fourth-order valence-corrected chi connectivity index (χ4v) is 3.63. The first-order valence-electron chi connectivity index (χ1n) is 10.7. The van der Waals surface area contributed by atoms with Gasteiger partial charge in [-0.15, -0.1) is 0 Å². The zero-order valence-corrected chi connectivity index (χ0v) is 17.8. The van der Waals surface area contributed by atoms with E-state index in [0.717, 1.165) is 32.2 Å². The fourth-order valence-electron chi connectivity index (χ4n) is 3.63. The van der Waals surface area contributed by atoms with Crippen LogP contribution < -0.4 is 10.6 Å². The molecule has 1 aliphatic rings. The van der Waals surface area contributed by atoms with Crippen molar-refractivity contribution in [2.45, 2.75) is 46.0 Å². The van der Waals surface area contributed by atoms with Crippen LogP contribution in [0.2, 0.25) is 0 Å². The second-order valence-corrected chi connectivity index (χ2v) is 7.48. The fraction of sp³-hybridized carbons (Fsp3) is 0.458. The zero-order chi connectivity index (χ0) is 20.3. The van der Waals surface area contributed by atoms with Gasteiger partial charge < -0.3 is 15.4 Å². The molecule has 1 saturated heterocycles. The van der Waals surface area contributed by atoms with E-state index in [4.69, 9.17) is 4.74 Å². The van der Waals surface area contributed by atoms with Gasteiger partial charge in [0.25, 0.3) is 0 Å². The predicted octanol–water partition coefficient (Wildman–Crippen LogP) is 3.68. The molecule has 0 unspecified atom stereocenters. The molecule has 2 aromatic carbocycles. The standard InChI is InChI=1S/C24H34N4O/c1-3-29-19-23-9-5-4-8-22(23)17-27-24(25-2)26-16-20-10-12-21(13-11-20)18-28-14-6-7-15-28/h4-5,8-13H,3,6-7,14-19H2,1-2H3,(H2,25,26,27). The van der Waals surface area contributed by atoms with Crippen LogP contribution in [-0.2, 0) is 31.0 Å². The molecule has 0 aromatic heterocycles. The van der Waals surface area contributed by atoms with Crippen LogP contribution in [0.25, 0.3) is 0 Å². The van der Waals surface area contributed by atoms with E-state index >= 15 is 0 Å². The van der Waals surface area contributed by atoms with Crippen molar-refractivity contribution < 1.29 is 4.74 Å². The summed E-state index contributed by atoms with van der Waals surface area (Å²) in [6.07, 6.45) is 2.68. The highest BCUT2D eigenvalue weighted by Crippen LogP contribution is 2.13. The van der Waals surface area contributed by atoms with Gasteiger partial charge in [0.15, 0.2) is 5.96 Å². The van der Waals surface area contributed by atoms with Crippen LogP contribution >= 0.6 is 0 Å². The second kappa shape index (κ2) is 11.6. The topological polar surface area (TPSA) is 48.9 Å². The van der Waals surface area contributed by atoms with E-state index in [0.29, 0.717) is 6.61 Å². The third-order valence-corrected chi connectivity index (χ3v) is 5.34. The summed E-state index contributed by atoms with van der Waals surface area (Å²) in [5.74, 6) is 0.803. The van der Waals surface area contributed by atoms with Crippen molar-refractivity contribution in [1.29, 1.82) is 0 Å². The highest BCUT2D eigenvalue weighted by atomic mass is 16.5. The lowest BCUT2D eigenvalue weighted by Gasteiger charge is -2.16. The number of hydrogen-bond donors (Lipinski definition) is 2. The average Bonchev–Trinajstić information content (AvgIpc) is 3.27. The molecule has 0 spiro atoms. The Balaban J connectivity index is 1.47. The SMILES string of the molecule is CCOCc1ccccc1CNC(=NC)NCc1ccc(CN2CCCC2)cc1. The lowest BCUT2D eigenvalue weighted by atomic mass is 10.1. The van der Waals surface area contributed by atoms with Gasteiger partial charge in [-0.3, -0.25) is 9.89 Å². The van der Waals surface area contributed by atoms with Crippen molar-refractivity contribution >= 4 is 5.96 Å². The van der Waals surface area contributed by atoms with E-state index in [1.54, 1.807) is 7.05 Å². The molecule has 156 valence electrons. The second-order valence-electron chi connectivity index (χ2n) is 7.48. The van der Waals surface area contributed by atoms with Gasteiger partial charge in [-0.1, -0.05) is 48.5 Å². The van der Waals surface area contributed by atoms with Crippen molar-refractivity contribution in [1.82, 2.24) is 15.5 Å². The summed E-state index contributed by atoms with van der Waals surface area (Å²) in [4.78, 5) is 6.88. The maximum atomic E-state index is 5.57. The Kier molecular flexibility index (Phi) is 8.53. The van der Waals surface area contributed by atoms with Crippen LogP contribution in [0.5, 0.6) is 0 Å². The summed E-state index contributed by atoms with van der Waals surface area (Å²) in [7, 11) is 1.81. The molecule has 0 radical (unpaired) electrons. The normalized spacial score (nSPS) is 14.9. The van der Waals surface area contributed by atoms with Gasteiger partial charge in [0.05, 0.1) is 6.61 Å². The first kappa shape index (κ1) is 21.3. The Morgan fingerprint density at radius 1 is 0.931 bits per heavy atom. The molecule has 0 atom stereocenters. The summed E-state index contributed by atoms with van der Waals surface area (Å²) < 4.78 is 5.57. The Hall–Kier alpha value is -2.37. The molecule has 2 N–H and O–H groups in total. The van der Waals surface area contributed by atoms with Crippen LogP contribution in [0.15, 0.2) is 53.5 Å². The number of nitrogens with zero attached hydrogens (tertiary/aromatic N) is 2. The van der Waals surface area contributed by atoms with Crippen molar-refractivity contribution in [2.75, 3.05) is 26.7 Å². The maximum Gasteiger partial charge on any atom is 0.191 e. The number of ether oxygens (including phenoxy) is 1. The number of benzene rings is 2. The Morgan fingerprint density at radius 2 is 1.59 bits per heavy atom. The summed E-state index contributed by atoms with van der Waals surface area (Å²) in [5.41, 5.74) is 5.10. The monoisotopic (exact) mass is 394 g/mol. The Morgan fingerprint density at radius 3 is 2.28 bits per heavy atom. The van der Waals surface area contributed by atoms with Crippen molar-refractivity contribution in [3.63, 3.8) is 0 Å². The molecule has 5 heteroatoms. The van der Waals surface area contributed by atoms with E-state index in [-0.39, 0.29) is 0 Å². The first-order valence-corrected chi connectivity index (χ1v) is 10.7. The third-order valence-electron chi connectivity index (χ3n) is 5.34. The molecular weight excluding hydrogens is 360 g/mol. The van der Waals surface area contributed by atoms with E-state index in [1.165, 1.54) is 48.2 Å². The molecule has 5 nitrogen and oxygen atoms in total. The van der Waals surface area contributed by atoms with Gasteiger partial charge in [-0.25, -0.2) is 0 Å². The number of guanidine groups is 1. The number of nitrogens with one attached hydrogen (secondary N) is 2. The van der Waals surface area contributed by atoms with Crippen LogP contribution in [0.1, 0.15) is 42.0 Å². The van der Waals surface area contributed by atoms with Crippen LogP contribution in [0.3, 0.4) is 0 Å². The highest BCUT2D eigenvalue weighted by Gasteiger charge is 2.11. The zero-order valence-electron chi connectivity index (χ0n) is 17.8. The largest absolute Gasteiger partial charge is 0.377 e. The minimum absolute atomic E-state index is 0.643. The average molecular weight is 395 g/mol. The van der Waals surface area contributed by atoms with E-state index in [9.17, 15) is 0 Å². The van der Waals surface area contributed by atoms with Gasteiger partial charge in [0, 0.05) is 33.3 Å². The molecule has 0 amide bonds. The molecule has 29 heavy (non-hydrogen) atoms. The quantitative estimate of drug-likeness (QED) is 0.503. The van der Waals surface area contributed by atoms with Gasteiger partial charge in [0.1, 0.15) is 0 Å². The Labute approximate surface area is 175 Å². The van der Waals surface area contributed by atoms with Crippen molar-refractivity contribution in [3.8, 4) is 0 Å². The smallest absolute Gasteiger partial charge is 0.191 e. The number of likely N-dealkylation sites (tertiary alicyclic amines) is 1. The molecule has 2 aromatic rings. The number of hydrogen-bond acceptors (Lipinski definition) is 3. The van der Waals surface area contributed by atoms with Crippen LogP contribution in [-0.4, -0.2) is 37.6 Å². The minimum atomic E-state index is 0.643. The third kappa shape index (κ3) is 6.87. The minimum Gasteiger partial charge on any atom is -0.377 e. The number of rotatable bonds is 9. The van der Waals surface area contributed by atoms with E-state index < -0.39 is 0 Å². The van der Waals surface area contributed by atoms with Gasteiger partial charge >= 0.3 is 0 Å². The highest BCUT2D eigenvalue weighted by molar-refractivity contribution is 5.79. The van der Waals surface area contributed by atoms with Gasteiger partial charge in [0.2, 0.25) is 0 Å². The summed E-state index contributed by atoms with van der Waals surface area (Å²) >= 11 is 0. The lowest BCUT2D eigenvalue weighted by Crippen LogP contribution is -2.36. The van der Waals surface area contributed by atoms with Crippen LogP contribution in [0, 0.1) is 0 Å². The Bertz CT molecular complexity index is 767. The van der Waals surface area contributed by atoms with Gasteiger partial charge in [-0.05, 0) is 55.1 Å². The van der Waals surface area contributed by atoms with Crippen molar-refractivity contribution in [3.05, 3.63) is 70.8 Å². The molecule has 0 saturated carbocycles. The molecular formula is C24H34N4O. The lowest BCUT2D eigenvalue weighted by molar-refractivity contribution is 0.133. The summed E-state index contributed by atoms with van der Waals surface area (Å²) in [6.45, 7) is 8.40. The van der Waals surface area contributed by atoms with E-state index in [2.05, 4.69) is 69.1 Å². The molecule has 3 rings (SSSR count). The van der Waals surface area contributed by atoms with Crippen molar-refractivity contribution in [2.24, 2.45) is 4.99 Å². The molecule has 1 heterocycles. The molecule has 1 fully saturated rings. The molecule has 0 aliphatic carbocycles. The number of aliphatic imine (C=N–C) groups is 1. The molecule has 0 bridgehead atoms. The van der Waals surface area contributed by atoms with Crippen LogP contribution in [0.4, 0.5) is 0 Å². The summed E-state index contributed by atoms with van der Waals surface area (Å²) in [6, 6.07) is 17.3. The molecule has 1 aliphatic heterocycles. The maximum absolute atomic E-state index is 5.57. The van der Waals surface area contributed by atoms with E-state index in [1.807, 2.05) is 6.92 Å². The summed E-state index contributed by atoms with van der Waals surface area (Å²) in [5, 5.41) is 6.82. The predicted molar refractivity (Wildman–Crippen MR) is 120 cm³/mol.